The van der Waals surface area contributed by atoms with Crippen LogP contribution in [0, 0.1) is 6.92 Å². The highest BCUT2D eigenvalue weighted by molar-refractivity contribution is 5.94. The normalized spacial score (nSPS) is 12.2. The van der Waals surface area contributed by atoms with Gasteiger partial charge in [0, 0.05) is 24.0 Å². The Balaban J connectivity index is 1.85. The summed E-state index contributed by atoms with van der Waals surface area (Å²) in [6.07, 6.45) is 5.04. The largest absolute Gasteiger partial charge is 0.497 e. The first kappa shape index (κ1) is 18.2. The Hall–Kier alpha value is -3.15. The molecule has 0 unspecified atom stereocenters. The molecule has 2 heterocycles. The smallest absolute Gasteiger partial charge is 0.355 e. The summed E-state index contributed by atoms with van der Waals surface area (Å²) in [5.74, 6) is 0.529. The molecule has 144 valence electrons. The fraction of sp³-hybridized carbons (Fsp3) is 0.318. The highest BCUT2D eigenvalue weighted by Crippen LogP contribution is 2.38. The van der Waals surface area contributed by atoms with Gasteiger partial charge in [-0.25, -0.2) is 14.8 Å². The summed E-state index contributed by atoms with van der Waals surface area (Å²) >= 11 is 0. The monoisotopic (exact) mass is 377 g/mol. The van der Waals surface area contributed by atoms with E-state index in [9.17, 15) is 4.79 Å². The van der Waals surface area contributed by atoms with Crippen LogP contribution in [0.2, 0.25) is 0 Å². The molecule has 4 rings (SSSR count). The number of hydrogen-bond donors (Lipinski definition) is 0. The van der Waals surface area contributed by atoms with Crippen molar-refractivity contribution in [3.05, 3.63) is 64.9 Å². The van der Waals surface area contributed by atoms with Crippen molar-refractivity contribution >= 4 is 5.97 Å². The van der Waals surface area contributed by atoms with Gasteiger partial charge >= 0.3 is 5.97 Å². The zero-order chi connectivity index (χ0) is 19.7. The third-order valence-electron chi connectivity index (χ3n) is 5.26. The molecule has 6 heteroatoms. The average Bonchev–Trinajstić information content (AvgIpc) is 3.01. The first-order valence-corrected chi connectivity index (χ1v) is 9.45. The number of aryl methyl sites for hydroxylation is 1. The summed E-state index contributed by atoms with van der Waals surface area (Å²) in [6, 6.07) is 7.89. The number of benzene rings is 1. The minimum absolute atomic E-state index is 0.280. The van der Waals surface area contributed by atoms with Crippen LogP contribution in [0.5, 0.6) is 5.75 Å². The maximum absolute atomic E-state index is 12.9. The molecule has 1 aliphatic carbocycles. The van der Waals surface area contributed by atoms with Crippen molar-refractivity contribution in [2.75, 3.05) is 13.7 Å². The van der Waals surface area contributed by atoms with Gasteiger partial charge < -0.3 is 14.0 Å². The predicted molar refractivity (Wildman–Crippen MR) is 106 cm³/mol. The third kappa shape index (κ3) is 3.05. The maximum Gasteiger partial charge on any atom is 0.355 e. The Labute approximate surface area is 164 Å². The van der Waals surface area contributed by atoms with E-state index < -0.39 is 0 Å². The molecule has 0 saturated carbocycles. The van der Waals surface area contributed by atoms with E-state index in [2.05, 4.69) is 14.5 Å². The fourth-order valence-electron chi connectivity index (χ4n) is 3.93. The van der Waals surface area contributed by atoms with E-state index in [0.717, 1.165) is 52.2 Å². The minimum atomic E-state index is -0.280. The molecule has 2 aromatic heterocycles. The van der Waals surface area contributed by atoms with Crippen molar-refractivity contribution < 1.29 is 14.3 Å². The van der Waals surface area contributed by atoms with Crippen LogP contribution in [0.1, 0.15) is 39.8 Å². The first-order chi connectivity index (χ1) is 13.6. The molecular weight excluding hydrogens is 354 g/mol. The summed E-state index contributed by atoms with van der Waals surface area (Å²) in [7, 11) is 1.65. The molecular formula is C22H23N3O3. The Bertz CT molecular complexity index is 1020. The predicted octanol–water partition coefficient (Wildman–Crippen LogP) is 3.59. The summed E-state index contributed by atoms with van der Waals surface area (Å²) in [6.45, 7) is 4.80. The van der Waals surface area contributed by atoms with Crippen LogP contribution in [-0.4, -0.2) is 34.2 Å². The number of methoxy groups -OCH3 is 1. The van der Waals surface area contributed by atoms with Crippen molar-refractivity contribution in [2.45, 2.75) is 33.2 Å². The SMILES string of the molecule is CCOC(=O)c1c2c(c(C)n1Cc1ccc(OC)cc1)-c1ncncc1CC2. The standard InChI is InChI=1S/C22H23N3O3/c1-4-28-22(26)21-18-10-7-16-11-23-13-24-20(16)19(18)14(2)25(21)12-15-5-8-17(27-3)9-6-15/h5-6,8-9,11,13H,4,7,10,12H2,1-3H3. The van der Waals surface area contributed by atoms with E-state index in [1.165, 1.54) is 0 Å². The summed E-state index contributed by atoms with van der Waals surface area (Å²) < 4.78 is 12.7. The van der Waals surface area contributed by atoms with Crippen LogP contribution in [0.4, 0.5) is 0 Å². The van der Waals surface area contributed by atoms with Gasteiger partial charge in [-0.1, -0.05) is 12.1 Å². The lowest BCUT2D eigenvalue weighted by Gasteiger charge is -2.16. The summed E-state index contributed by atoms with van der Waals surface area (Å²) in [5, 5.41) is 0. The maximum atomic E-state index is 12.9. The van der Waals surface area contributed by atoms with Crippen LogP contribution in [0.15, 0.2) is 36.8 Å². The molecule has 0 bridgehead atoms. The molecule has 0 amide bonds. The van der Waals surface area contributed by atoms with Crippen molar-refractivity contribution in [3.63, 3.8) is 0 Å². The van der Waals surface area contributed by atoms with Gasteiger partial charge in [-0.15, -0.1) is 0 Å². The second-order valence-electron chi connectivity index (χ2n) is 6.84. The number of hydrogen-bond acceptors (Lipinski definition) is 5. The van der Waals surface area contributed by atoms with Crippen molar-refractivity contribution in [2.24, 2.45) is 0 Å². The zero-order valence-corrected chi connectivity index (χ0v) is 16.4. The van der Waals surface area contributed by atoms with Crippen molar-refractivity contribution in [1.82, 2.24) is 14.5 Å². The molecule has 6 nitrogen and oxygen atoms in total. The van der Waals surface area contributed by atoms with E-state index >= 15 is 0 Å². The first-order valence-electron chi connectivity index (χ1n) is 9.45. The van der Waals surface area contributed by atoms with Crippen molar-refractivity contribution in [1.29, 1.82) is 0 Å². The van der Waals surface area contributed by atoms with E-state index in [0.29, 0.717) is 18.8 Å². The van der Waals surface area contributed by atoms with Gasteiger partial charge in [0.15, 0.2) is 0 Å². The molecule has 28 heavy (non-hydrogen) atoms. The lowest BCUT2D eigenvalue weighted by Crippen LogP contribution is -2.16. The van der Waals surface area contributed by atoms with Crippen LogP contribution in [0.25, 0.3) is 11.3 Å². The second kappa shape index (κ2) is 7.46. The van der Waals surface area contributed by atoms with Crippen LogP contribution < -0.4 is 4.74 Å². The number of carbonyl (C=O) groups is 1. The Kier molecular flexibility index (Phi) is 4.86. The number of ether oxygens (including phenoxy) is 2. The zero-order valence-electron chi connectivity index (χ0n) is 16.4. The highest BCUT2D eigenvalue weighted by atomic mass is 16.5. The topological polar surface area (TPSA) is 66.2 Å². The average molecular weight is 377 g/mol. The quantitative estimate of drug-likeness (QED) is 0.636. The van der Waals surface area contributed by atoms with E-state index in [1.807, 2.05) is 44.3 Å². The molecule has 1 aromatic carbocycles. The van der Waals surface area contributed by atoms with Gasteiger partial charge in [-0.05, 0) is 55.5 Å². The number of fused-ring (bicyclic) bond motifs is 3. The minimum Gasteiger partial charge on any atom is -0.497 e. The molecule has 3 aromatic rings. The second-order valence-corrected chi connectivity index (χ2v) is 6.84. The van der Waals surface area contributed by atoms with Gasteiger partial charge in [-0.2, -0.15) is 0 Å². The number of nitrogens with zero attached hydrogens (tertiary/aromatic N) is 3. The van der Waals surface area contributed by atoms with Gasteiger partial charge in [-0.3, -0.25) is 0 Å². The van der Waals surface area contributed by atoms with Gasteiger partial charge in [0.2, 0.25) is 0 Å². The molecule has 0 saturated heterocycles. The number of rotatable bonds is 5. The highest BCUT2D eigenvalue weighted by Gasteiger charge is 2.31. The van der Waals surface area contributed by atoms with Crippen LogP contribution in [0.3, 0.4) is 0 Å². The van der Waals surface area contributed by atoms with E-state index in [-0.39, 0.29) is 5.97 Å². The molecule has 0 atom stereocenters. The molecule has 0 radical (unpaired) electrons. The van der Waals surface area contributed by atoms with Gasteiger partial charge in [0.1, 0.15) is 17.8 Å². The van der Waals surface area contributed by atoms with Crippen LogP contribution in [-0.2, 0) is 24.1 Å². The summed E-state index contributed by atoms with van der Waals surface area (Å²) in [4.78, 5) is 21.5. The van der Waals surface area contributed by atoms with Gasteiger partial charge in [0.05, 0.1) is 19.4 Å². The lowest BCUT2D eigenvalue weighted by molar-refractivity contribution is 0.0512. The van der Waals surface area contributed by atoms with Crippen LogP contribution >= 0.6 is 0 Å². The number of esters is 1. The molecule has 0 aliphatic heterocycles. The third-order valence-corrected chi connectivity index (χ3v) is 5.26. The number of aromatic nitrogens is 3. The fourth-order valence-corrected chi connectivity index (χ4v) is 3.93. The van der Waals surface area contributed by atoms with Gasteiger partial charge in [0.25, 0.3) is 0 Å². The van der Waals surface area contributed by atoms with Crippen molar-refractivity contribution in [3.8, 4) is 17.0 Å². The lowest BCUT2D eigenvalue weighted by atomic mass is 9.90. The Morgan fingerprint density at radius 3 is 2.71 bits per heavy atom. The number of carbonyl (C=O) groups excluding carboxylic acids is 1. The van der Waals surface area contributed by atoms with E-state index in [4.69, 9.17) is 9.47 Å². The molecule has 1 aliphatic rings. The Morgan fingerprint density at radius 2 is 2.00 bits per heavy atom. The molecule has 0 spiro atoms. The molecule has 0 N–H and O–H groups in total. The Morgan fingerprint density at radius 1 is 1.21 bits per heavy atom. The molecule has 0 fully saturated rings. The van der Waals surface area contributed by atoms with E-state index in [1.54, 1.807) is 13.4 Å². The summed E-state index contributed by atoms with van der Waals surface area (Å²) in [5.41, 5.74) is 6.85.